The lowest BCUT2D eigenvalue weighted by molar-refractivity contribution is -0.385. The molecule has 1 rings (SSSR count). The van der Waals surface area contributed by atoms with Crippen LogP contribution in [0.5, 0.6) is 0 Å². The number of nitro benzene ring substituents is 1. The molecule has 0 atom stereocenters. The van der Waals surface area contributed by atoms with Crippen LogP contribution in [0.2, 0.25) is 0 Å². The van der Waals surface area contributed by atoms with Gasteiger partial charge in [-0.3, -0.25) is 10.1 Å². The molecule has 0 saturated heterocycles. The predicted molar refractivity (Wildman–Crippen MR) is 60.1 cm³/mol. The van der Waals surface area contributed by atoms with Crippen molar-refractivity contribution in [1.29, 1.82) is 0 Å². The lowest BCUT2D eigenvalue weighted by Crippen LogP contribution is -1.94. The van der Waals surface area contributed by atoms with Gasteiger partial charge < -0.3 is 4.79 Å². The molecule has 0 saturated carbocycles. The molecule has 0 bridgehead atoms. The zero-order valence-corrected chi connectivity index (χ0v) is 9.11. The van der Waals surface area contributed by atoms with Gasteiger partial charge in [0.15, 0.2) is 0 Å². The van der Waals surface area contributed by atoms with Crippen molar-refractivity contribution in [3.05, 3.63) is 38.9 Å². The van der Waals surface area contributed by atoms with Crippen LogP contribution in [0.25, 0.3) is 0 Å². The number of hydrogen-bond donors (Lipinski definition) is 0. The Labute approximate surface area is 93.4 Å². The van der Waals surface area contributed by atoms with Gasteiger partial charge in [-0.15, -0.1) is 0 Å². The molecule has 0 spiro atoms. The van der Waals surface area contributed by atoms with Crippen LogP contribution in [0, 0.1) is 35.8 Å². The second-order valence-corrected chi connectivity index (χ2v) is 3.38. The first kappa shape index (κ1) is 11.9. The highest BCUT2D eigenvalue weighted by Gasteiger charge is 2.12. The first-order valence-electron chi connectivity index (χ1n) is 4.74. The fraction of sp³-hybridized carbons (Fsp3) is 0.250. The third-order valence-electron chi connectivity index (χ3n) is 2.15. The summed E-state index contributed by atoms with van der Waals surface area (Å²) in [4.78, 5) is 20.4. The maximum absolute atomic E-state index is 10.7. The van der Waals surface area contributed by atoms with Crippen LogP contribution in [0.1, 0.15) is 23.1 Å². The molecule has 4 nitrogen and oxygen atoms in total. The number of hydrogen-bond acceptors (Lipinski definition) is 3. The van der Waals surface area contributed by atoms with Gasteiger partial charge in [-0.05, 0) is 25.5 Å². The molecule has 0 aliphatic rings. The first-order valence-corrected chi connectivity index (χ1v) is 4.74. The van der Waals surface area contributed by atoms with Crippen LogP contribution < -0.4 is 0 Å². The third kappa shape index (κ3) is 2.67. The number of carbonyl (C=O) groups excluding carboxylic acids is 1. The average Bonchev–Trinajstić information content (AvgIpc) is 2.21. The number of nitrogens with zero attached hydrogens (tertiary/aromatic N) is 1. The van der Waals surface area contributed by atoms with Crippen LogP contribution >= 0.6 is 0 Å². The molecular formula is C12H11NO3. The molecule has 0 aromatic heterocycles. The van der Waals surface area contributed by atoms with E-state index < -0.39 is 4.92 Å². The molecule has 0 aliphatic carbocycles. The largest absolute Gasteiger partial charge is 0.302 e. The molecule has 1 aromatic carbocycles. The Kier molecular flexibility index (Phi) is 3.78. The Hall–Kier alpha value is -2.15. The van der Waals surface area contributed by atoms with Gasteiger partial charge >= 0.3 is 0 Å². The summed E-state index contributed by atoms with van der Waals surface area (Å²) in [5.41, 5.74) is 2.14. The number of nitro groups is 1. The molecule has 0 unspecified atom stereocenters. The van der Waals surface area contributed by atoms with E-state index in [0.29, 0.717) is 17.4 Å². The van der Waals surface area contributed by atoms with Gasteiger partial charge in [0.1, 0.15) is 6.29 Å². The first-order chi connectivity index (χ1) is 7.56. The Balaban J connectivity index is 3.21. The minimum absolute atomic E-state index is 0.0565. The van der Waals surface area contributed by atoms with Gasteiger partial charge in [0.25, 0.3) is 5.69 Å². The summed E-state index contributed by atoms with van der Waals surface area (Å²) in [7, 11) is 0. The molecule has 0 N–H and O–H groups in total. The molecular weight excluding hydrogens is 206 g/mol. The smallest absolute Gasteiger partial charge is 0.273 e. The lowest BCUT2D eigenvalue weighted by atomic mass is 10.0. The van der Waals surface area contributed by atoms with E-state index in [2.05, 4.69) is 11.8 Å². The minimum Gasteiger partial charge on any atom is -0.302 e. The van der Waals surface area contributed by atoms with Crippen LogP contribution in [-0.2, 0) is 4.79 Å². The van der Waals surface area contributed by atoms with Gasteiger partial charge in [0.05, 0.1) is 11.3 Å². The highest BCUT2D eigenvalue weighted by Crippen LogP contribution is 2.21. The monoisotopic (exact) mass is 217 g/mol. The fourth-order valence-corrected chi connectivity index (χ4v) is 1.36. The highest BCUT2D eigenvalue weighted by molar-refractivity contribution is 5.57. The minimum atomic E-state index is -0.431. The summed E-state index contributed by atoms with van der Waals surface area (Å²) in [6, 6.07) is 3.17. The fourth-order valence-electron chi connectivity index (χ4n) is 1.36. The molecule has 0 amide bonds. The summed E-state index contributed by atoms with van der Waals surface area (Å²) in [6.07, 6.45) is 0.839. The van der Waals surface area contributed by atoms with E-state index in [1.54, 1.807) is 13.0 Å². The summed E-state index contributed by atoms with van der Waals surface area (Å²) in [5.74, 6) is 5.39. The van der Waals surface area contributed by atoms with Gasteiger partial charge in [0.2, 0.25) is 0 Å². The highest BCUT2D eigenvalue weighted by atomic mass is 16.6. The van der Waals surface area contributed by atoms with Crippen LogP contribution in [0.4, 0.5) is 5.69 Å². The topological polar surface area (TPSA) is 60.2 Å². The normalized spacial score (nSPS) is 9.12. The summed E-state index contributed by atoms with van der Waals surface area (Å²) < 4.78 is 0. The molecule has 0 aliphatic heterocycles. The van der Waals surface area contributed by atoms with Gasteiger partial charge in [-0.25, -0.2) is 0 Å². The van der Waals surface area contributed by atoms with E-state index in [-0.39, 0.29) is 12.1 Å². The summed E-state index contributed by atoms with van der Waals surface area (Å²) >= 11 is 0. The van der Waals surface area contributed by atoms with E-state index in [4.69, 9.17) is 0 Å². The van der Waals surface area contributed by atoms with E-state index in [1.807, 2.05) is 6.92 Å². The molecule has 82 valence electrons. The Bertz CT molecular complexity index is 495. The number of carbonyl (C=O) groups is 1. The van der Waals surface area contributed by atoms with Crippen molar-refractivity contribution >= 4 is 12.0 Å². The Morgan fingerprint density at radius 3 is 2.62 bits per heavy atom. The van der Waals surface area contributed by atoms with Crippen molar-refractivity contribution in [3.8, 4) is 11.8 Å². The van der Waals surface area contributed by atoms with Crippen molar-refractivity contribution in [2.45, 2.75) is 20.3 Å². The van der Waals surface area contributed by atoms with E-state index >= 15 is 0 Å². The molecule has 16 heavy (non-hydrogen) atoms. The number of aldehydes is 1. The quantitative estimate of drug-likeness (QED) is 0.330. The van der Waals surface area contributed by atoms with Crippen LogP contribution in [0.15, 0.2) is 12.1 Å². The number of aryl methyl sites for hydroxylation is 2. The van der Waals surface area contributed by atoms with Crippen molar-refractivity contribution in [2.75, 3.05) is 0 Å². The second kappa shape index (κ2) is 5.08. The van der Waals surface area contributed by atoms with Crippen molar-refractivity contribution in [3.63, 3.8) is 0 Å². The summed E-state index contributed by atoms with van der Waals surface area (Å²) in [5, 5.41) is 10.7. The molecule has 0 fully saturated rings. The SMILES string of the molecule is Cc1cc(C)c([N+](=O)[O-])cc1C#CCC=O. The third-order valence-corrected chi connectivity index (χ3v) is 2.15. The van der Waals surface area contributed by atoms with E-state index in [9.17, 15) is 14.9 Å². The van der Waals surface area contributed by atoms with Gasteiger partial charge in [0, 0.05) is 17.2 Å². The standard InChI is InChI=1S/C12H11NO3/c1-9-7-10(2)12(13(15)16)8-11(9)5-3-4-6-14/h6-8H,4H2,1-2H3. The Morgan fingerprint density at radius 2 is 2.06 bits per heavy atom. The zero-order chi connectivity index (χ0) is 12.1. The average molecular weight is 217 g/mol. The molecule has 1 aromatic rings. The molecule has 0 heterocycles. The maximum Gasteiger partial charge on any atom is 0.273 e. The second-order valence-electron chi connectivity index (χ2n) is 3.38. The van der Waals surface area contributed by atoms with Gasteiger partial charge in [-0.1, -0.05) is 11.8 Å². The molecule has 0 radical (unpaired) electrons. The van der Waals surface area contributed by atoms with E-state index in [0.717, 1.165) is 5.56 Å². The number of rotatable bonds is 2. The zero-order valence-electron chi connectivity index (χ0n) is 9.11. The van der Waals surface area contributed by atoms with Gasteiger partial charge in [-0.2, -0.15) is 0 Å². The van der Waals surface area contributed by atoms with Crippen molar-refractivity contribution in [1.82, 2.24) is 0 Å². The Morgan fingerprint density at radius 1 is 1.38 bits per heavy atom. The summed E-state index contributed by atoms with van der Waals surface area (Å²) in [6.45, 7) is 3.52. The maximum atomic E-state index is 10.7. The van der Waals surface area contributed by atoms with Crippen LogP contribution in [-0.4, -0.2) is 11.2 Å². The number of benzene rings is 1. The van der Waals surface area contributed by atoms with E-state index in [1.165, 1.54) is 6.07 Å². The van der Waals surface area contributed by atoms with Crippen molar-refractivity contribution < 1.29 is 9.72 Å². The van der Waals surface area contributed by atoms with Crippen LogP contribution in [0.3, 0.4) is 0 Å². The molecule has 4 heteroatoms. The van der Waals surface area contributed by atoms with Crippen molar-refractivity contribution in [2.24, 2.45) is 0 Å². The lowest BCUT2D eigenvalue weighted by Gasteiger charge is -2.01. The predicted octanol–water partition coefficient (Wildman–Crippen LogP) is 2.15.